The molecule has 0 aliphatic carbocycles. The van der Waals surface area contributed by atoms with Crippen LogP contribution in [0.25, 0.3) is 0 Å². The molecule has 106 valence electrons. The van der Waals surface area contributed by atoms with Crippen molar-refractivity contribution in [2.75, 3.05) is 7.05 Å². The van der Waals surface area contributed by atoms with Crippen molar-refractivity contribution in [3.63, 3.8) is 0 Å². The Balaban J connectivity index is 1.85. The summed E-state index contributed by atoms with van der Waals surface area (Å²) in [6.07, 6.45) is 5.53. The van der Waals surface area contributed by atoms with Crippen LogP contribution < -0.4 is 0 Å². The van der Waals surface area contributed by atoms with Crippen LogP contribution in [0, 0.1) is 0 Å². The fourth-order valence-corrected chi connectivity index (χ4v) is 1.96. The maximum Gasteiger partial charge on any atom is 0.305 e. The maximum absolute atomic E-state index is 10.5. The average Bonchev–Trinajstić information content (AvgIpc) is 2.85. The van der Waals surface area contributed by atoms with Gasteiger partial charge in [-0.2, -0.15) is 5.10 Å². The first-order valence-electron chi connectivity index (χ1n) is 6.45. The van der Waals surface area contributed by atoms with Crippen molar-refractivity contribution in [3.05, 3.63) is 48.0 Å². The van der Waals surface area contributed by atoms with Crippen molar-refractivity contribution in [2.45, 2.75) is 26.1 Å². The van der Waals surface area contributed by atoms with Crippen LogP contribution in [0.2, 0.25) is 0 Å². The second kappa shape index (κ2) is 6.81. The van der Waals surface area contributed by atoms with Crippen molar-refractivity contribution < 1.29 is 9.90 Å². The number of hydrogen-bond donors (Lipinski definition) is 1. The molecule has 20 heavy (non-hydrogen) atoms. The van der Waals surface area contributed by atoms with Gasteiger partial charge in [-0.05, 0) is 19.2 Å². The van der Waals surface area contributed by atoms with Crippen molar-refractivity contribution in [1.82, 2.24) is 19.7 Å². The van der Waals surface area contributed by atoms with E-state index in [1.807, 2.05) is 31.4 Å². The lowest BCUT2D eigenvalue weighted by Crippen LogP contribution is -2.17. The van der Waals surface area contributed by atoms with Crippen LogP contribution in [-0.2, 0) is 24.4 Å². The average molecular weight is 274 g/mol. The van der Waals surface area contributed by atoms with Gasteiger partial charge in [0, 0.05) is 31.0 Å². The van der Waals surface area contributed by atoms with Gasteiger partial charge in [0.05, 0.1) is 24.9 Å². The summed E-state index contributed by atoms with van der Waals surface area (Å²) in [7, 11) is 2.02. The molecule has 0 saturated carbocycles. The summed E-state index contributed by atoms with van der Waals surface area (Å²) in [6.45, 7) is 1.92. The minimum absolute atomic E-state index is 0.0882. The highest BCUT2D eigenvalue weighted by Crippen LogP contribution is 2.06. The smallest absolute Gasteiger partial charge is 0.305 e. The number of nitrogens with zero attached hydrogens (tertiary/aromatic N) is 4. The predicted octanol–water partition coefficient (Wildman–Crippen LogP) is 1.38. The van der Waals surface area contributed by atoms with E-state index in [0.717, 1.165) is 24.3 Å². The Morgan fingerprint density at radius 2 is 2.25 bits per heavy atom. The van der Waals surface area contributed by atoms with Crippen LogP contribution in [0.4, 0.5) is 0 Å². The molecule has 0 saturated heterocycles. The van der Waals surface area contributed by atoms with Gasteiger partial charge in [0.1, 0.15) is 0 Å². The lowest BCUT2D eigenvalue weighted by atomic mass is 10.3. The molecule has 2 heterocycles. The molecule has 2 aromatic heterocycles. The fourth-order valence-electron chi connectivity index (χ4n) is 1.96. The van der Waals surface area contributed by atoms with Gasteiger partial charge in [-0.1, -0.05) is 6.07 Å². The highest BCUT2D eigenvalue weighted by Gasteiger charge is 2.05. The van der Waals surface area contributed by atoms with Gasteiger partial charge in [0.25, 0.3) is 0 Å². The van der Waals surface area contributed by atoms with E-state index in [2.05, 4.69) is 15.0 Å². The third-order valence-corrected chi connectivity index (χ3v) is 2.85. The van der Waals surface area contributed by atoms with Gasteiger partial charge in [-0.15, -0.1) is 0 Å². The summed E-state index contributed by atoms with van der Waals surface area (Å²) < 4.78 is 1.66. The predicted molar refractivity (Wildman–Crippen MR) is 73.9 cm³/mol. The monoisotopic (exact) mass is 274 g/mol. The van der Waals surface area contributed by atoms with Gasteiger partial charge in [0.2, 0.25) is 0 Å². The lowest BCUT2D eigenvalue weighted by molar-refractivity contribution is -0.137. The Hall–Kier alpha value is -2.21. The summed E-state index contributed by atoms with van der Waals surface area (Å²) in [5.41, 5.74) is 2.09. The number of carbonyl (C=O) groups is 1. The van der Waals surface area contributed by atoms with Crippen LogP contribution in [0.1, 0.15) is 17.7 Å². The minimum atomic E-state index is -0.811. The van der Waals surface area contributed by atoms with E-state index < -0.39 is 5.97 Å². The van der Waals surface area contributed by atoms with Crippen molar-refractivity contribution in [2.24, 2.45) is 0 Å². The van der Waals surface area contributed by atoms with E-state index in [1.165, 1.54) is 0 Å². The van der Waals surface area contributed by atoms with E-state index in [-0.39, 0.29) is 6.42 Å². The zero-order valence-electron chi connectivity index (χ0n) is 11.4. The molecule has 6 nitrogen and oxygen atoms in total. The summed E-state index contributed by atoms with van der Waals surface area (Å²) in [5.74, 6) is -0.811. The SMILES string of the molecule is CN(Cc1cnn(CCC(=O)O)c1)Cc1ccccn1. The first kappa shape index (κ1) is 14.2. The molecule has 0 fully saturated rings. The number of hydrogen-bond acceptors (Lipinski definition) is 4. The number of aromatic nitrogens is 3. The first-order chi connectivity index (χ1) is 9.63. The molecular weight excluding hydrogens is 256 g/mol. The van der Waals surface area contributed by atoms with Crippen molar-refractivity contribution in [1.29, 1.82) is 0 Å². The van der Waals surface area contributed by atoms with Crippen LogP contribution >= 0.6 is 0 Å². The van der Waals surface area contributed by atoms with E-state index in [4.69, 9.17) is 5.11 Å². The molecule has 0 aromatic carbocycles. The Kier molecular flexibility index (Phi) is 4.84. The summed E-state index contributed by atoms with van der Waals surface area (Å²) in [6, 6.07) is 5.86. The van der Waals surface area contributed by atoms with E-state index in [1.54, 1.807) is 17.1 Å². The first-order valence-corrected chi connectivity index (χ1v) is 6.45. The third-order valence-electron chi connectivity index (χ3n) is 2.85. The zero-order valence-corrected chi connectivity index (χ0v) is 11.4. The molecule has 0 aliphatic heterocycles. The normalized spacial score (nSPS) is 10.9. The Bertz CT molecular complexity index is 553. The highest BCUT2D eigenvalue weighted by molar-refractivity contribution is 5.66. The van der Waals surface area contributed by atoms with Gasteiger partial charge in [0.15, 0.2) is 0 Å². The molecule has 0 aliphatic rings. The molecule has 0 radical (unpaired) electrons. The molecular formula is C14H18N4O2. The molecule has 0 atom stereocenters. The summed E-state index contributed by atoms with van der Waals surface area (Å²) in [4.78, 5) is 16.9. The van der Waals surface area contributed by atoms with Crippen LogP contribution in [0.15, 0.2) is 36.8 Å². The van der Waals surface area contributed by atoms with Gasteiger partial charge in [-0.25, -0.2) is 0 Å². The second-order valence-electron chi connectivity index (χ2n) is 4.75. The fraction of sp³-hybridized carbons (Fsp3) is 0.357. The molecule has 0 bridgehead atoms. The lowest BCUT2D eigenvalue weighted by Gasteiger charge is -2.14. The van der Waals surface area contributed by atoms with Crippen molar-refractivity contribution in [3.8, 4) is 0 Å². The summed E-state index contributed by atoms with van der Waals surface area (Å²) >= 11 is 0. The number of aliphatic carboxylic acids is 1. The Morgan fingerprint density at radius 1 is 1.40 bits per heavy atom. The van der Waals surface area contributed by atoms with Crippen LogP contribution in [-0.4, -0.2) is 37.8 Å². The third kappa shape index (κ3) is 4.47. The van der Waals surface area contributed by atoms with Crippen LogP contribution in [0.3, 0.4) is 0 Å². The number of carboxylic acids is 1. The quantitative estimate of drug-likeness (QED) is 0.826. The molecule has 0 amide bonds. The number of carboxylic acid groups (broad SMARTS) is 1. The molecule has 0 unspecified atom stereocenters. The number of aryl methyl sites for hydroxylation is 1. The number of pyridine rings is 1. The molecule has 6 heteroatoms. The molecule has 2 aromatic rings. The van der Waals surface area contributed by atoms with Gasteiger partial charge in [-0.3, -0.25) is 19.4 Å². The minimum Gasteiger partial charge on any atom is -0.481 e. The second-order valence-corrected chi connectivity index (χ2v) is 4.75. The molecule has 1 N–H and O–H groups in total. The van der Waals surface area contributed by atoms with E-state index >= 15 is 0 Å². The van der Waals surface area contributed by atoms with Crippen molar-refractivity contribution >= 4 is 5.97 Å². The largest absolute Gasteiger partial charge is 0.481 e. The molecule has 0 spiro atoms. The number of rotatable bonds is 7. The van der Waals surface area contributed by atoms with Crippen LogP contribution in [0.5, 0.6) is 0 Å². The Labute approximate surface area is 117 Å². The van der Waals surface area contributed by atoms with E-state index in [9.17, 15) is 4.79 Å². The maximum atomic E-state index is 10.5. The highest BCUT2D eigenvalue weighted by atomic mass is 16.4. The summed E-state index contributed by atoms with van der Waals surface area (Å²) in [5, 5.41) is 12.8. The van der Waals surface area contributed by atoms with Gasteiger partial charge < -0.3 is 5.11 Å². The topological polar surface area (TPSA) is 71.2 Å². The standard InChI is InChI=1S/C14H18N4O2/c1-17(11-13-4-2-3-6-15-13)9-12-8-16-18(10-12)7-5-14(19)20/h2-4,6,8,10H,5,7,9,11H2,1H3,(H,19,20). The van der Waals surface area contributed by atoms with Gasteiger partial charge >= 0.3 is 5.97 Å². The molecule has 2 rings (SSSR count). The van der Waals surface area contributed by atoms with E-state index in [0.29, 0.717) is 6.54 Å². The zero-order chi connectivity index (χ0) is 14.4. The Morgan fingerprint density at radius 3 is 2.95 bits per heavy atom.